The Balaban J connectivity index is 2.54. The number of amides is 1. The van der Waals surface area contributed by atoms with Gasteiger partial charge in [0.1, 0.15) is 0 Å². The minimum absolute atomic E-state index is 0.0420. The molecule has 76 valence electrons. The van der Waals surface area contributed by atoms with Gasteiger partial charge < -0.3 is 5.32 Å². The molecule has 1 amide bonds. The molecule has 0 fully saturated rings. The fourth-order valence-corrected chi connectivity index (χ4v) is 1.13. The number of rotatable bonds is 4. The first-order chi connectivity index (χ1) is 7.26. The Bertz CT molecular complexity index is 387. The predicted octanol–water partition coefficient (Wildman–Crippen LogP) is 1.40. The standard InChI is InChI=1S/C12H12N2O/c1-2-7-14-12(15)8-10-3-5-11(9-13)6-4-10/h2-6H,1,7-8H2,(H,14,15). The summed E-state index contributed by atoms with van der Waals surface area (Å²) >= 11 is 0. The van der Waals surface area contributed by atoms with Crippen molar-refractivity contribution in [3.05, 3.63) is 48.0 Å². The smallest absolute Gasteiger partial charge is 0.224 e. The Kier molecular flexibility index (Phi) is 4.11. The van der Waals surface area contributed by atoms with E-state index in [0.717, 1.165) is 5.56 Å². The van der Waals surface area contributed by atoms with Gasteiger partial charge in [0.15, 0.2) is 0 Å². The highest BCUT2D eigenvalue weighted by Crippen LogP contribution is 2.03. The summed E-state index contributed by atoms with van der Waals surface area (Å²) in [7, 11) is 0. The maximum atomic E-state index is 11.3. The number of nitrogens with zero attached hydrogens (tertiary/aromatic N) is 1. The Hall–Kier alpha value is -2.08. The van der Waals surface area contributed by atoms with Gasteiger partial charge in [-0.3, -0.25) is 4.79 Å². The van der Waals surface area contributed by atoms with Crippen molar-refractivity contribution in [3.63, 3.8) is 0 Å². The molecule has 0 saturated carbocycles. The summed E-state index contributed by atoms with van der Waals surface area (Å²) in [5.74, 6) is -0.0420. The Morgan fingerprint density at radius 2 is 2.13 bits per heavy atom. The largest absolute Gasteiger partial charge is 0.352 e. The number of nitriles is 1. The Labute approximate surface area is 89.0 Å². The highest BCUT2D eigenvalue weighted by atomic mass is 16.1. The van der Waals surface area contributed by atoms with Crippen LogP contribution in [0.15, 0.2) is 36.9 Å². The zero-order valence-corrected chi connectivity index (χ0v) is 8.36. The molecule has 1 N–H and O–H groups in total. The molecule has 0 spiro atoms. The van der Waals surface area contributed by atoms with Gasteiger partial charge in [-0.15, -0.1) is 6.58 Å². The summed E-state index contributed by atoms with van der Waals surface area (Å²) < 4.78 is 0. The third-order valence-corrected chi connectivity index (χ3v) is 1.89. The number of carbonyl (C=O) groups is 1. The monoisotopic (exact) mass is 200 g/mol. The minimum Gasteiger partial charge on any atom is -0.352 e. The van der Waals surface area contributed by atoms with Crippen LogP contribution in [0, 0.1) is 11.3 Å². The van der Waals surface area contributed by atoms with Crippen LogP contribution in [0.5, 0.6) is 0 Å². The average Bonchev–Trinajstić information content (AvgIpc) is 2.27. The van der Waals surface area contributed by atoms with Gasteiger partial charge in [-0.1, -0.05) is 18.2 Å². The quantitative estimate of drug-likeness (QED) is 0.747. The van der Waals surface area contributed by atoms with E-state index in [0.29, 0.717) is 18.5 Å². The molecule has 0 atom stereocenters. The van der Waals surface area contributed by atoms with Crippen LogP contribution in [-0.4, -0.2) is 12.5 Å². The molecular weight excluding hydrogens is 188 g/mol. The number of hydrogen-bond acceptors (Lipinski definition) is 2. The molecule has 1 aromatic carbocycles. The third kappa shape index (κ3) is 3.65. The minimum atomic E-state index is -0.0420. The zero-order valence-electron chi connectivity index (χ0n) is 8.36. The van der Waals surface area contributed by atoms with Gasteiger partial charge in [-0.2, -0.15) is 5.26 Å². The average molecular weight is 200 g/mol. The summed E-state index contributed by atoms with van der Waals surface area (Å²) in [6, 6.07) is 9.00. The number of carbonyl (C=O) groups excluding carboxylic acids is 1. The lowest BCUT2D eigenvalue weighted by Crippen LogP contribution is -2.24. The Morgan fingerprint density at radius 3 is 2.67 bits per heavy atom. The fraction of sp³-hybridized carbons (Fsp3) is 0.167. The van der Waals surface area contributed by atoms with Gasteiger partial charge >= 0.3 is 0 Å². The second-order valence-corrected chi connectivity index (χ2v) is 3.08. The number of benzene rings is 1. The second-order valence-electron chi connectivity index (χ2n) is 3.08. The molecule has 1 aromatic rings. The first kappa shape index (κ1) is 11.0. The van der Waals surface area contributed by atoms with Crippen LogP contribution in [0.2, 0.25) is 0 Å². The first-order valence-corrected chi connectivity index (χ1v) is 4.63. The highest BCUT2D eigenvalue weighted by molar-refractivity contribution is 5.78. The normalized spacial score (nSPS) is 9.00. The summed E-state index contributed by atoms with van der Waals surface area (Å²) in [5, 5.41) is 11.3. The molecule has 0 heterocycles. The van der Waals surface area contributed by atoms with Gasteiger partial charge in [-0.05, 0) is 17.7 Å². The molecule has 0 aromatic heterocycles. The first-order valence-electron chi connectivity index (χ1n) is 4.63. The maximum Gasteiger partial charge on any atom is 0.224 e. The SMILES string of the molecule is C=CCNC(=O)Cc1ccc(C#N)cc1. The number of hydrogen-bond donors (Lipinski definition) is 1. The van der Waals surface area contributed by atoms with Crippen LogP contribution < -0.4 is 5.32 Å². The van der Waals surface area contributed by atoms with Crippen molar-refractivity contribution in [1.82, 2.24) is 5.32 Å². The molecule has 0 aliphatic carbocycles. The molecule has 0 radical (unpaired) electrons. The van der Waals surface area contributed by atoms with Gasteiger partial charge in [-0.25, -0.2) is 0 Å². The number of nitrogens with one attached hydrogen (secondary N) is 1. The van der Waals surface area contributed by atoms with E-state index in [4.69, 9.17) is 5.26 Å². The molecule has 0 aliphatic heterocycles. The van der Waals surface area contributed by atoms with Crippen molar-refractivity contribution in [1.29, 1.82) is 5.26 Å². The molecule has 1 rings (SSSR count). The zero-order chi connectivity index (χ0) is 11.1. The van der Waals surface area contributed by atoms with Gasteiger partial charge in [0, 0.05) is 6.54 Å². The van der Waals surface area contributed by atoms with E-state index in [1.54, 1.807) is 30.3 Å². The van der Waals surface area contributed by atoms with Crippen molar-refractivity contribution >= 4 is 5.91 Å². The fourth-order valence-electron chi connectivity index (χ4n) is 1.13. The van der Waals surface area contributed by atoms with E-state index in [1.165, 1.54) is 0 Å². The Morgan fingerprint density at radius 1 is 1.47 bits per heavy atom. The van der Waals surface area contributed by atoms with Crippen LogP contribution in [0.1, 0.15) is 11.1 Å². The summed E-state index contributed by atoms with van der Waals surface area (Å²) in [6.07, 6.45) is 1.97. The van der Waals surface area contributed by atoms with Crippen LogP contribution in [0.4, 0.5) is 0 Å². The van der Waals surface area contributed by atoms with E-state index in [-0.39, 0.29) is 5.91 Å². The van der Waals surface area contributed by atoms with Crippen molar-refractivity contribution in [2.45, 2.75) is 6.42 Å². The molecule has 0 unspecified atom stereocenters. The predicted molar refractivity (Wildman–Crippen MR) is 58.1 cm³/mol. The topological polar surface area (TPSA) is 52.9 Å². The van der Waals surface area contributed by atoms with Crippen molar-refractivity contribution in [2.75, 3.05) is 6.54 Å². The van der Waals surface area contributed by atoms with E-state index in [2.05, 4.69) is 11.9 Å². The molecule has 0 aliphatic rings. The molecule has 0 saturated heterocycles. The molecule has 3 heteroatoms. The van der Waals surface area contributed by atoms with Crippen LogP contribution in [-0.2, 0) is 11.2 Å². The van der Waals surface area contributed by atoms with Crippen molar-refractivity contribution < 1.29 is 4.79 Å². The molecule has 3 nitrogen and oxygen atoms in total. The van der Waals surface area contributed by atoms with E-state index in [1.807, 2.05) is 6.07 Å². The van der Waals surface area contributed by atoms with Crippen molar-refractivity contribution in [2.24, 2.45) is 0 Å². The highest BCUT2D eigenvalue weighted by Gasteiger charge is 2.01. The second kappa shape index (κ2) is 5.61. The summed E-state index contributed by atoms with van der Waals surface area (Å²) in [4.78, 5) is 11.3. The summed E-state index contributed by atoms with van der Waals surface area (Å²) in [5.41, 5.74) is 1.50. The lowest BCUT2D eigenvalue weighted by atomic mass is 10.1. The third-order valence-electron chi connectivity index (χ3n) is 1.89. The van der Waals surface area contributed by atoms with Crippen molar-refractivity contribution in [3.8, 4) is 6.07 Å². The summed E-state index contributed by atoms with van der Waals surface area (Å²) in [6.45, 7) is 3.99. The molecular formula is C12H12N2O. The lowest BCUT2D eigenvalue weighted by Gasteiger charge is -2.02. The molecule has 15 heavy (non-hydrogen) atoms. The molecule has 0 bridgehead atoms. The van der Waals surface area contributed by atoms with E-state index < -0.39 is 0 Å². The lowest BCUT2D eigenvalue weighted by molar-refractivity contribution is -0.120. The van der Waals surface area contributed by atoms with E-state index in [9.17, 15) is 4.79 Å². The van der Waals surface area contributed by atoms with Gasteiger partial charge in [0.2, 0.25) is 5.91 Å². The van der Waals surface area contributed by atoms with Gasteiger partial charge in [0.05, 0.1) is 18.1 Å². The van der Waals surface area contributed by atoms with Crippen LogP contribution >= 0.6 is 0 Å². The van der Waals surface area contributed by atoms with Gasteiger partial charge in [0.25, 0.3) is 0 Å². The van der Waals surface area contributed by atoms with Crippen LogP contribution in [0.3, 0.4) is 0 Å². The maximum absolute atomic E-state index is 11.3. The van der Waals surface area contributed by atoms with E-state index >= 15 is 0 Å². The van der Waals surface area contributed by atoms with Crippen LogP contribution in [0.25, 0.3) is 0 Å².